The van der Waals surface area contributed by atoms with Gasteiger partial charge in [-0.15, -0.1) is 0 Å². The fourth-order valence-electron chi connectivity index (χ4n) is 2.05. The molecule has 0 aliphatic rings. The Kier molecular flexibility index (Phi) is 5.01. The molecule has 1 aromatic rings. The van der Waals surface area contributed by atoms with E-state index in [0.29, 0.717) is 12.3 Å². The van der Waals surface area contributed by atoms with Crippen LogP contribution in [0.15, 0.2) is 18.2 Å². The van der Waals surface area contributed by atoms with Crippen molar-refractivity contribution in [2.75, 3.05) is 14.2 Å². The first-order valence-electron chi connectivity index (χ1n) is 5.99. The maximum Gasteiger partial charge on any atom is 0.218 e. The van der Waals surface area contributed by atoms with Crippen molar-refractivity contribution in [3.8, 4) is 11.5 Å². The minimum Gasteiger partial charge on any atom is -0.497 e. The molecule has 1 unspecified atom stereocenters. The van der Waals surface area contributed by atoms with Crippen LogP contribution >= 0.6 is 0 Å². The standard InChI is InChI=1S/C14H21NO3/c1-9(2)12(8-14(15)16)11-6-5-10(17-3)7-13(11)18-4/h5-7,9,12H,8H2,1-4H3,(H2,15,16). The van der Waals surface area contributed by atoms with E-state index in [1.165, 1.54) is 0 Å². The van der Waals surface area contributed by atoms with Gasteiger partial charge in [-0.2, -0.15) is 0 Å². The molecule has 0 aliphatic heterocycles. The summed E-state index contributed by atoms with van der Waals surface area (Å²) in [6, 6.07) is 5.63. The molecule has 1 rings (SSSR count). The first-order valence-corrected chi connectivity index (χ1v) is 5.99. The van der Waals surface area contributed by atoms with Crippen molar-refractivity contribution in [1.29, 1.82) is 0 Å². The van der Waals surface area contributed by atoms with Crippen molar-refractivity contribution < 1.29 is 14.3 Å². The predicted molar refractivity (Wildman–Crippen MR) is 70.9 cm³/mol. The number of hydrogen-bond acceptors (Lipinski definition) is 3. The molecule has 0 heterocycles. The Labute approximate surface area is 108 Å². The molecule has 0 fully saturated rings. The summed E-state index contributed by atoms with van der Waals surface area (Å²) in [5, 5.41) is 0. The molecule has 0 aromatic heterocycles. The summed E-state index contributed by atoms with van der Waals surface area (Å²) in [4.78, 5) is 11.2. The lowest BCUT2D eigenvalue weighted by Gasteiger charge is -2.22. The van der Waals surface area contributed by atoms with E-state index < -0.39 is 0 Å². The summed E-state index contributed by atoms with van der Waals surface area (Å²) in [5.74, 6) is 1.53. The van der Waals surface area contributed by atoms with E-state index in [0.717, 1.165) is 17.1 Å². The average Bonchev–Trinajstić information content (AvgIpc) is 2.34. The fourth-order valence-corrected chi connectivity index (χ4v) is 2.05. The molecule has 0 saturated heterocycles. The highest BCUT2D eigenvalue weighted by Gasteiger charge is 2.22. The van der Waals surface area contributed by atoms with Crippen LogP contribution in [0.3, 0.4) is 0 Å². The van der Waals surface area contributed by atoms with Crippen LogP contribution in [0.5, 0.6) is 11.5 Å². The molecule has 100 valence electrons. The minimum absolute atomic E-state index is 0.0587. The smallest absolute Gasteiger partial charge is 0.218 e. The normalized spacial score (nSPS) is 12.3. The van der Waals surface area contributed by atoms with Crippen molar-refractivity contribution in [2.45, 2.75) is 26.2 Å². The number of amides is 1. The second kappa shape index (κ2) is 6.28. The van der Waals surface area contributed by atoms with Crippen LogP contribution < -0.4 is 15.2 Å². The Bertz CT molecular complexity index is 416. The largest absolute Gasteiger partial charge is 0.497 e. The molecular weight excluding hydrogens is 230 g/mol. The van der Waals surface area contributed by atoms with Crippen molar-refractivity contribution in [1.82, 2.24) is 0 Å². The molecule has 1 atom stereocenters. The second-order valence-corrected chi connectivity index (χ2v) is 4.63. The van der Waals surface area contributed by atoms with Gasteiger partial charge in [0.25, 0.3) is 0 Å². The summed E-state index contributed by atoms with van der Waals surface area (Å²) in [7, 11) is 3.22. The van der Waals surface area contributed by atoms with Crippen molar-refractivity contribution >= 4 is 5.91 Å². The van der Waals surface area contributed by atoms with Crippen LogP contribution in [-0.2, 0) is 4.79 Å². The number of ether oxygens (including phenoxy) is 2. The highest BCUT2D eigenvalue weighted by molar-refractivity contribution is 5.75. The van der Waals surface area contributed by atoms with E-state index in [4.69, 9.17) is 15.2 Å². The van der Waals surface area contributed by atoms with Gasteiger partial charge in [0.05, 0.1) is 14.2 Å². The fraction of sp³-hybridized carbons (Fsp3) is 0.500. The van der Waals surface area contributed by atoms with Crippen LogP contribution in [0, 0.1) is 5.92 Å². The molecule has 2 N–H and O–H groups in total. The van der Waals surface area contributed by atoms with Crippen molar-refractivity contribution in [3.63, 3.8) is 0 Å². The number of primary amides is 1. The minimum atomic E-state index is -0.299. The Hall–Kier alpha value is -1.71. The van der Waals surface area contributed by atoms with Crippen LogP contribution in [0.2, 0.25) is 0 Å². The second-order valence-electron chi connectivity index (χ2n) is 4.63. The van der Waals surface area contributed by atoms with Gasteiger partial charge in [-0.1, -0.05) is 19.9 Å². The quantitative estimate of drug-likeness (QED) is 0.844. The van der Waals surface area contributed by atoms with Gasteiger partial charge in [0.1, 0.15) is 11.5 Å². The Morgan fingerprint density at radius 2 is 1.94 bits per heavy atom. The highest BCUT2D eigenvalue weighted by Crippen LogP contribution is 2.36. The van der Waals surface area contributed by atoms with Gasteiger partial charge in [-0.25, -0.2) is 0 Å². The summed E-state index contributed by atoms with van der Waals surface area (Å²) < 4.78 is 10.5. The van der Waals surface area contributed by atoms with Gasteiger partial charge in [0, 0.05) is 12.5 Å². The molecule has 4 nitrogen and oxygen atoms in total. The van der Waals surface area contributed by atoms with Crippen molar-refractivity contribution in [3.05, 3.63) is 23.8 Å². The Morgan fingerprint density at radius 1 is 1.28 bits per heavy atom. The van der Waals surface area contributed by atoms with E-state index in [1.54, 1.807) is 14.2 Å². The zero-order valence-electron chi connectivity index (χ0n) is 11.4. The molecule has 1 amide bonds. The molecule has 4 heteroatoms. The molecule has 0 bridgehead atoms. The maximum atomic E-state index is 11.2. The monoisotopic (exact) mass is 251 g/mol. The molecule has 1 aromatic carbocycles. The molecule has 18 heavy (non-hydrogen) atoms. The zero-order valence-corrected chi connectivity index (χ0v) is 11.4. The topological polar surface area (TPSA) is 61.5 Å². The van der Waals surface area contributed by atoms with Gasteiger partial charge in [0.15, 0.2) is 0 Å². The van der Waals surface area contributed by atoms with Gasteiger partial charge in [0.2, 0.25) is 5.91 Å². The first kappa shape index (κ1) is 14.4. The third-order valence-corrected chi connectivity index (χ3v) is 3.07. The number of carbonyl (C=O) groups excluding carboxylic acids is 1. The number of nitrogens with two attached hydrogens (primary N) is 1. The van der Waals surface area contributed by atoms with Crippen molar-refractivity contribution in [2.24, 2.45) is 11.7 Å². The third kappa shape index (κ3) is 3.39. The van der Waals surface area contributed by atoms with Crippen LogP contribution in [0.4, 0.5) is 0 Å². The lowest BCUT2D eigenvalue weighted by Crippen LogP contribution is -2.19. The van der Waals surface area contributed by atoms with E-state index >= 15 is 0 Å². The van der Waals surface area contributed by atoms with Crippen LogP contribution in [0.25, 0.3) is 0 Å². The Balaban J connectivity index is 3.14. The SMILES string of the molecule is COc1ccc(C(CC(N)=O)C(C)C)c(OC)c1. The lowest BCUT2D eigenvalue weighted by atomic mass is 9.85. The molecular formula is C14H21NO3. The van der Waals surface area contributed by atoms with Gasteiger partial charge in [-0.3, -0.25) is 4.79 Å². The van der Waals surface area contributed by atoms with Gasteiger partial charge in [-0.05, 0) is 23.5 Å². The molecule has 0 radical (unpaired) electrons. The van der Waals surface area contributed by atoms with E-state index in [2.05, 4.69) is 13.8 Å². The predicted octanol–water partition coefficient (Wildman–Crippen LogP) is 2.32. The number of benzene rings is 1. The van der Waals surface area contributed by atoms with Crippen LogP contribution in [0.1, 0.15) is 31.7 Å². The first-order chi connectivity index (χ1) is 8.49. The number of carbonyl (C=O) groups is 1. The van der Waals surface area contributed by atoms with E-state index in [-0.39, 0.29) is 11.8 Å². The third-order valence-electron chi connectivity index (χ3n) is 3.07. The summed E-state index contributed by atoms with van der Waals surface area (Å²) in [6.07, 6.45) is 0.320. The van der Waals surface area contributed by atoms with E-state index in [9.17, 15) is 4.79 Å². The molecule has 0 spiro atoms. The van der Waals surface area contributed by atoms with Gasteiger partial charge < -0.3 is 15.2 Å². The van der Waals surface area contributed by atoms with E-state index in [1.807, 2.05) is 18.2 Å². The summed E-state index contributed by atoms with van der Waals surface area (Å²) in [6.45, 7) is 4.13. The zero-order chi connectivity index (χ0) is 13.7. The summed E-state index contributed by atoms with van der Waals surface area (Å²) >= 11 is 0. The van der Waals surface area contributed by atoms with Gasteiger partial charge >= 0.3 is 0 Å². The molecule has 0 saturated carbocycles. The number of methoxy groups -OCH3 is 2. The highest BCUT2D eigenvalue weighted by atomic mass is 16.5. The Morgan fingerprint density at radius 3 is 2.39 bits per heavy atom. The average molecular weight is 251 g/mol. The number of hydrogen-bond donors (Lipinski definition) is 1. The summed E-state index contributed by atoms with van der Waals surface area (Å²) in [5.41, 5.74) is 6.30. The maximum absolute atomic E-state index is 11.2. The number of rotatable bonds is 6. The van der Waals surface area contributed by atoms with Crippen LogP contribution in [-0.4, -0.2) is 20.1 Å². The molecule has 0 aliphatic carbocycles. The lowest BCUT2D eigenvalue weighted by molar-refractivity contribution is -0.118.